The van der Waals surface area contributed by atoms with E-state index in [2.05, 4.69) is 25.1 Å². The molecule has 2 aromatic heterocycles. The van der Waals surface area contributed by atoms with Gasteiger partial charge in [-0.1, -0.05) is 0 Å². The van der Waals surface area contributed by atoms with E-state index in [0.29, 0.717) is 25.6 Å². The van der Waals surface area contributed by atoms with Crippen LogP contribution in [0.4, 0.5) is 5.69 Å². The minimum absolute atomic E-state index is 0.587. The number of pyridine rings is 1. The first-order valence-corrected chi connectivity index (χ1v) is 6.59. The summed E-state index contributed by atoms with van der Waals surface area (Å²) < 4.78 is 12.7. The molecule has 7 nitrogen and oxygen atoms in total. The molecule has 20 heavy (non-hydrogen) atoms. The summed E-state index contributed by atoms with van der Waals surface area (Å²) >= 11 is 0. The number of rotatable bonds is 4. The fraction of sp³-hybridized carbons (Fsp3) is 0.462. The summed E-state index contributed by atoms with van der Waals surface area (Å²) in [6.45, 7) is 2.84. The molecule has 1 aliphatic rings. The van der Waals surface area contributed by atoms with Gasteiger partial charge in [0, 0.05) is 30.9 Å². The summed E-state index contributed by atoms with van der Waals surface area (Å²) in [7, 11) is 1.60. The van der Waals surface area contributed by atoms with Crippen LogP contribution in [-0.4, -0.2) is 40.1 Å². The van der Waals surface area contributed by atoms with Crippen LogP contribution in [0.15, 0.2) is 18.3 Å². The number of aromatic nitrogens is 4. The third-order valence-corrected chi connectivity index (χ3v) is 3.23. The maximum atomic E-state index is 5.45. The first-order valence-electron chi connectivity index (χ1n) is 6.59. The Balaban J connectivity index is 1.70. The number of nitrogens with one attached hydrogen (secondary N) is 1. The van der Waals surface area contributed by atoms with Crippen molar-refractivity contribution in [2.45, 2.75) is 19.5 Å². The molecule has 0 fully saturated rings. The van der Waals surface area contributed by atoms with Crippen LogP contribution in [0.2, 0.25) is 0 Å². The molecule has 0 radical (unpaired) electrons. The smallest absolute Gasteiger partial charge is 0.214 e. The quantitative estimate of drug-likeness (QED) is 0.892. The van der Waals surface area contributed by atoms with E-state index in [1.54, 1.807) is 13.3 Å². The van der Waals surface area contributed by atoms with Gasteiger partial charge < -0.3 is 19.4 Å². The lowest BCUT2D eigenvalue weighted by atomic mass is 10.4. The minimum atomic E-state index is 0.587. The molecular weight excluding hydrogens is 258 g/mol. The molecule has 1 N–H and O–H groups in total. The average molecular weight is 275 g/mol. The van der Waals surface area contributed by atoms with Crippen molar-refractivity contribution in [2.24, 2.45) is 0 Å². The number of hydrogen-bond donors (Lipinski definition) is 1. The highest BCUT2D eigenvalue weighted by Gasteiger charge is 2.14. The topological polar surface area (TPSA) is 74.1 Å². The highest BCUT2D eigenvalue weighted by atomic mass is 16.5. The molecule has 0 amide bonds. The van der Waals surface area contributed by atoms with E-state index in [-0.39, 0.29) is 0 Å². The van der Waals surface area contributed by atoms with Crippen molar-refractivity contribution in [3.8, 4) is 5.88 Å². The molecule has 0 aliphatic carbocycles. The predicted octanol–water partition coefficient (Wildman–Crippen LogP) is 0.866. The number of hydrogen-bond acceptors (Lipinski definition) is 6. The number of fused-ring (bicyclic) bond motifs is 1. The van der Waals surface area contributed by atoms with E-state index < -0.39 is 0 Å². The van der Waals surface area contributed by atoms with Crippen molar-refractivity contribution in [3.05, 3.63) is 30.0 Å². The Morgan fingerprint density at radius 3 is 3.25 bits per heavy atom. The summed E-state index contributed by atoms with van der Waals surface area (Å²) in [4.78, 5) is 4.07. The maximum absolute atomic E-state index is 5.45. The zero-order valence-corrected chi connectivity index (χ0v) is 11.4. The Bertz CT molecular complexity index is 584. The molecular formula is C13H17N5O2. The third kappa shape index (κ3) is 2.72. The zero-order valence-electron chi connectivity index (χ0n) is 11.4. The lowest BCUT2D eigenvalue weighted by Gasteiger charge is -2.09. The third-order valence-electron chi connectivity index (χ3n) is 3.23. The Morgan fingerprint density at radius 1 is 1.40 bits per heavy atom. The summed E-state index contributed by atoms with van der Waals surface area (Å²) in [5.41, 5.74) is 0.944. The highest BCUT2D eigenvalue weighted by molar-refractivity contribution is 5.44. The van der Waals surface area contributed by atoms with Gasteiger partial charge in [0.1, 0.15) is 5.82 Å². The largest absolute Gasteiger partial charge is 0.481 e. The van der Waals surface area contributed by atoms with Crippen LogP contribution in [0.1, 0.15) is 11.6 Å². The van der Waals surface area contributed by atoms with Crippen molar-refractivity contribution in [3.63, 3.8) is 0 Å². The van der Waals surface area contributed by atoms with Gasteiger partial charge in [-0.25, -0.2) is 4.98 Å². The predicted molar refractivity (Wildman–Crippen MR) is 72.7 cm³/mol. The summed E-state index contributed by atoms with van der Waals surface area (Å²) in [5.74, 6) is 2.50. The van der Waals surface area contributed by atoms with E-state index in [4.69, 9.17) is 9.47 Å². The lowest BCUT2D eigenvalue weighted by molar-refractivity contribution is 0.139. The molecule has 0 unspecified atom stereocenters. The highest BCUT2D eigenvalue weighted by Crippen LogP contribution is 2.15. The monoisotopic (exact) mass is 275 g/mol. The molecule has 3 heterocycles. The standard InChI is InChI=1S/C13H17N5O2/c1-19-13-8-10(2-4-14-13)15-9-12-17-16-11-3-6-20-7-5-18(11)12/h2,4,8H,3,5-7,9H2,1H3,(H,14,15). The van der Waals surface area contributed by atoms with Crippen molar-refractivity contribution in [1.82, 2.24) is 19.7 Å². The van der Waals surface area contributed by atoms with Crippen LogP contribution < -0.4 is 10.1 Å². The van der Waals surface area contributed by atoms with Crippen LogP contribution >= 0.6 is 0 Å². The van der Waals surface area contributed by atoms with E-state index in [1.165, 1.54) is 0 Å². The summed E-state index contributed by atoms with van der Waals surface area (Å²) in [6, 6.07) is 3.74. The fourth-order valence-corrected chi connectivity index (χ4v) is 2.18. The Hall–Kier alpha value is -2.15. The number of ether oxygens (including phenoxy) is 2. The van der Waals surface area contributed by atoms with Gasteiger partial charge in [0.15, 0.2) is 5.82 Å². The molecule has 2 aromatic rings. The van der Waals surface area contributed by atoms with E-state index >= 15 is 0 Å². The maximum Gasteiger partial charge on any atom is 0.214 e. The van der Waals surface area contributed by atoms with Gasteiger partial charge in [-0.3, -0.25) is 0 Å². The average Bonchev–Trinajstić information content (AvgIpc) is 2.72. The molecule has 0 spiro atoms. The molecule has 0 atom stereocenters. The molecule has 1 aliphatic heterocycles. The van der Waals surface area contributed by atoms with Crippen LogP contribution in [0, 0.1) is 0 Å². The lowest BCUT2D eigenvalue weighted by Crippen LogP contribution is -2.12. The molecule has 0 saturated carbocycles. The van der Waals surface area contributed by atoms with Gasteiger partial charge >= 0.3 is 0 Å². The van der Waals surface area contributed by atoms with E-state index in [1.807, 2.05) is 12.1 Å². The summed E-state index contributed by atoms with van der Waals surface area (Å²) in [5, 5.41) is 11.8. The van der Waals surface area contributed by atoms with E-state index in [9.17, 15) is 0 Å². The first-order chi connectivity index (χ1) is 9.86. The van der Waals surface area contributed by atoms with Crippen molar-refractivity contribution >= 4 is 5.69 Å². The van der Waals surface area contributed by atoms with Gasteiger partial charge in [-0.05, 0) is 6.07 Å². The van der Waals surface area contributed by atoms with Crippen molar-refractivity contribution in [1.29, 1.82) is 0 Å². The van der Waals surface area contributed by atoms with Crippen LogP contribution in [-0.2, 0) is 24.2 Å². The van der Waals surface area contributed by atoms with Gasteiger partial charge in [0.05, 0.1) is 26.9 Å². The van der Waals surface area contributed by atoms with Gasteiger partial charge in [0.2, 0.25) is 5.88 Å². The summed E-state index contributed by atoms with van der Waals surface area (Å²) in [6.07, 6.45) is 2.52. The minimum Gasteiger partial charge on any atom is -0.481 e. The first kappa shape index (κ1) is 12.9. The van der Waals surface area contributed by atoms with E-state index in [0.717, 1.165) is 30.3 Å². The number of anilines is 1. The number of methoxy groups -OCH3 is 1. The molecule has 7 heteroatoms. The fourth-order valence-electron chi connectivity index (χ4n) is 2.18. The van der Waals surface area contributed by atoms with Gasteiger partial charge in [0.25, 0.3) is 0 Å². The molecule has 0 saturated heterocycles. The number of nitrogens with zero attached hydrogens (tertiary/aromatic N) is 4. The van der Waals surface area contributed by atoms with Crippen LogP contribution in [0.5, 0.6) is 5.88 Å². The Labute approximate surface area is 116 Å². The Morgan fingerprint density at radius 2 is 2.35 bits per heavy atom. The van der Waals surface area contributed by atoms with Crippen molar-refractivity contribution in [2.75, 3.05) is 25.6 Å². The van der Waals surface area contributed by atoms with Gasteiger partial charge in [-0.2, -0.15) is 0 Å². The molecule has 3 rings (SSSR count). The second-order valence-electron chi connectivity index (χ2n) is 4.49. The SMILES string of the molecule is COc1cc(NCc2nnc3n2CCOCC3)ccn1. The second kappa shape index (κ2) is 5.87. The molecule has 106 valence electrons. The normalized spacial score (nSPS) is 14.4. The molecule has 0 bridgehead atoms. The second-order valence-corrected chi connectivity index (χ2v) is 4.49. The van der Waals surface area contributed by atoms with Gasteiger partial charge in [-0.15, -0.1) is 10.2 Å². The molecule has 0 aromatic carbocycles. The Kier molecular flexibility index (Phi) is 3.78. The van der Waals surface area contributed by atoms with Crippen LogP contribution in [0.25, 0.3) is 0 Å². The van der Waals surface area contributed by atoms with Crippen molar-refractivity contribution < 1.29 is 9.47 Å². The zero-order chi connectivity index (χ0) is 13.8. The van der Waals surface area contributed by atoms with Crippen LogP contribution in [0.3, 0.4) is 0 Å².